The molecule has 2 atom stereocenters. The SMILES string of the molecule is CCOCC(O)N(C)C(O)COCC. The van der Waals surface area contributed by atoms with Gasteiger partial charge in [-0.3, -0.25) is 4.90 Å². The first-order chi connectivity index (χ1) is 6.63. The van der Waals surface area contributed by atoms with Gasteiger partial charge in [0.1, 0.15) is 12.5 Å². The molecule has 0 aliphatic rings. The van der Waals surface area contributed by atoms with E-state index in [1.54, 1.807) is 7.05 Å². The van der Waals surface area contributed by atoms with Crippen LogP contribution < -0.4 is 0 Å². The molecule has 0 radical (unpaired) electrons. The zero-order valence-electron chi connectivity index (χ0n) is 9.14. The van der Waals surface area contributed by atoms with Crippen molar-refractivity contribution in [3.8, 4) is 0 Å². The fourth-order valence-electron chi connectivity index (χ4n) is 0.880. The topological polar surface area (TPSA) is 62.2 Å². The minimum atomic E-state index is -0.801. The Balaban J connectivity index is 3.72. The van der Waals surface area contributed by atoms with Gasteiger partial charge < -0.3 is 19.7 Å². The van der Waals surface area contributed by atoms with Crippen LogP contribution in [0.2, 0.25) is 0 Å². The molecule has 0 aliphatic heterocycles. The van der Waals surface area contributed by atoms with Gasteiger partial charge in [-0.15, -0.1) is 0 Å². The predicted octanol–water partition coefficient (Wildman–Crippen LogP) is -0.372. The van der Waals surface area contributed by atoms with Crippen LogP contribution in [0, 0.1) is 0 Å². The van der Waals surface area contributed by atoms with E-state index in [4.69, 9.17) is 9.47 Å². The van der Waals surface area contributed by atoms with Crippen LogP contribution >= 0.6 is 0 Å². The number of nitrogens with zero attached hydrogens (tertiary/aromatic N) is 1. The largest absolute Gasteiger partial charge is 0.378 e. The highest BCUT2D eigenvalue weighted by molar-refractivity contribution is 4.59. The standard InChI is InChI=1S/C9H21NO4/c1-4-13-6-8(11)10(3)9(12)7-14-5-2/h8-9,11-12H,4-7H2,1-3H3. The first-order valence-corrected chi connectivity index (χ1v) is 4.87. The molecule has 2 N–H and O–H groups in total. The van der Waals surface area contributed by atoms with E-state index in [0.717, 1.165) is 0 Å². The third-order valence-corrected chi connectivity index (χ3v) is 1.88. The molecule has 0 aromatic heterocycles. The number of aliphatic hydroxyl groups excluding tert-OH is 2. The first-order valence-electron chi connectivity index (χ1n) is 4.87. The molecule has 5 heteroatoms. The van der Waals surface area contributed by atoms with Gasteiger partial charge >= 0.3 is 0 Å². The van der Waals surface area contributed by atoms with Gasteiger partial charge in [-0.1, -0.05) is 0 Å². The van der Waals surface area contributed by atoms with Crippen molar-refractivity contribution in [3.63, 3.8) is 0 Å². The zero-order chi connectivity index (χ0) is 11.0. The minimum Gasteiger partial charge on any atom is -0.378 e. The Morgan fingerprint density at radius 2 is 1.36 bits per heavy atom. The van der Waals surface area contributed by atoms with E-state index in [2.05, 4.69) is 0 Å². The maximum atomic E-state index is 9.50. The summed E-state index contributed by atoms with van der Waals surface area (Å²) in [5.41, 5.74) is 0. The number of aliphatic hydroxyl groups is 2. The van der Waals surface area contributed by atoms with Crippen LogP contribution in [-0.4, -0.2) is 61.0 Å². The van der Waals surface area contributed by atoms with Crippen molar-refractivity contribution in [2.24, 2.45) is 0 Å². The van der Waals surface area contributed by atoms with Crippen molar-refractivity contribution in [2.75, 3.05) is 33.5 Å². The van der Waals surface area contributed by atoms with E-state index in [9.17, 15) is 10.2 Å². The first kappa shape index (κ1) is 13.8. The summed E-state index contributed by atoms with van der Waals surface area (Å²) in [5.74, 6) is 0. The average molecular weight is 207 g/mol. The second-order valence-electron chi connectivity index (χ2n) is 2.95. The van der Waals surface area contributed by atoms with Crippen molar-refractivity contribution in [2.45, 2.75) is 26.3 Å². The molecular formula is C9H21NO4. The maximum absolute atomic E-state index is 9.50. The third kappa shape index (κ3) is 5.51. The van der Waals surface area contributed by atoms with E-state index in [0.29, 0.717) is 13.2 Å². The third-order valence-electron chi connectivity index (χ3n) is 1.88. The van der Waals surface area contributed by atoms with Gasteiger partial charge in [-0.2, -0.15) is 0 Å². The molecule has 0 fully saturated rings. The lowest BCUT2D eigenvalue weighted by atomic mass is 10.4. The van der Waals surface area contributed by atoms with Crippen molar-refractivity contribution in [1.82, 2.24) is 4.90 Å². The summed E-state index contributed by atoms with van der Waals surface area (Å²) in [6, 6.07) is 0. The Morgan fingerprint density at radius 3 is 1.64 bits per heavy atom. The van der Waals surface area contributed by atoms with Crippen molar-refractivity contribution < 1.29 is 19.7 Å². The lowest BCUT2D eigenvalue weighted by molar-refractivity contribution is -0.135. The second-order valence-corrected chi connectivity index (χ2v) is 2.95. The van der Waals surface area contributed by atoms with E-state index in [-0.39, 0.29) is 13.2 Å². The van der Waals surface area contributed by atoms with Gasteiger partial charge in [0, 0.05) is 13.2 Å². The van der Waals surface area contributed by atoms with E-state index in [1.807, 2.05) is 13.8 Å². The molecule has 0 bridgehead atoms. The number of ether oxygens (including phenoxy) is 2. The molecule has 0 aliphatic carbocycles. The zero-order valence-corrected chi connectivity index (χ0v) is 9.14. The van der Waals surface area contributed by atoms with Crippen molar-refractivity contribution in [3.05, 3.63) is 0 Å². The van der Waals surface area contributed by atoms with Gasteiger partial charge in [0.2, 0.25) is 0 Å². The quantitative estimate of drug-likeness (QED) is 0.532. The summed E-state index contributed by atoms with van der Waals surface area (Å²) in [5, 5.41) is 19.0. The molecule has 2 unspecified atom stereocenters. The monoisotopic (exact) mass is 207 g/mol. The Kier molecular flexibility index (Phi) is 8.02. The van der Waals surface area contributed by atoms with Crippen LogP contribution in [-0.2, 0) is 9.47 Å². The van der Waals surface area contributed by atoms with Crippen LogP contribution in [0.1, 0.15) is 13.8 Å². The van der Waals surface area contributed by atoms with Gasteiger partial charge in [0.15, 0.2) is 0 Å². The van der Waals surface area contributed by atoms with E-state index >= 15 is 0 Å². The molecule has 0 saturated heterocycles. The molecule has 0 amide bonds. The van der Waals surface area contributed by atoms with Crippen LogP contribution in [0.5, 0.6) is 0 Å². The van der Waals surface area contributed by atoms with Gasteiger partial charge in [-0.05, 0) is 20.9 Å². The summed E-state index contributed by atoms with van der Waals surface area (Å²) < 4.78 is 10.1. The Bertz CT molecular complexity index is 120. The summed E-state index contributed by atoms with van der Waals surface area (Å²) >= 11 is 0. The molecule has 0 aromatic carbocycles. The fourth-order valence-corrected chi connectivity index (χ4v) is 0.880. The molecular weight excluding hydrogens is 186 g/mol. The van der Waals surface area contributed by atoms with E-state index < -0.39 is 12.5 Å². The van der Waals surface area contributed by atoms with Crippen LogP contribution in [0.4, 0.5) is 0 Å². The van der Waals surface area contributed by atoms with Crippen LogP contribution in [0.25, 0.3) is 0 Å². The molecule has 0 aromatic rings. The lowest BCUT2D eigenvalue weighted by Gasteiger charge is -2.27. The fraction of sp³-hybridized carbons (Fsp3) is 1.00. The van der Waals surface area contributed by atoms with E-state index in [1.165, 1.54) is 4.90 Å². The highest BCUT2D eigenvalue weighted by Gasteiger charge is 2.18. The summed E-state index contributed by atoms with van der Waals surface area (Å²) in [6.45, 7) is 5.18. The summed E-state index contributed by atoms with van der Waals surface area (Å²) in [7, 11) is 1.62. The van der Waals surface area contributed by atoms with Crippen molar-refractivity contribution >= 4 is 0 Å². The molecule has 14 heavy (non-hydrogen) atoms. The molecule has 5 nitrogen and oxygen atoms in total. The van der Waals surface area contributed by atoms with Gasteiger partial charge in [-0.25, -0.2) is 0 Å². The molecule has 0 saturated carbocycles. The Morgan fingerprint density at radius 1 is 1.00 bits per heavy atom. The number of hydrogen-bond acceptors (Lipinski definition) is 5. The maximum Gasteiger partial charge on any atom is 0.132 e. The highest BCUT2D eigenvalue weighted by Crippen LogP contribution is 1.99. The van der Waals surface area contributed by atoms with Crippen LogP contribution in [0.15, 0.2) is 0 Å². The molecule has 0 heterocycles. The summed E-state index contributed by atoms with van der Waals surface area (Å²) in [4.78, 5) is 1.41. The lowest BCUT2D eigenvalue weighted by Crippen LogP contribution is -2.45. The second kappa shape index (κ2) is 8.14. The average Bonchev–Trinajstić information content (AvgIpc) is 2.21. The molecule has 0 rings (SSSR count). The minimum absolute atomic E-state index is 0.191. The van der Waals surface area contributed by atoms with Crippen LogP contribution in [0.3, 0.4) is 0 Å². The normalized spacial score (nSPS) is 15.9. The summed E-state index contributed by atoms with van der Waals surface area (Å²) in [6.07, 6.45) is -1.60. The van der Waals surface area contributed by atoms with Gasteiger partial charge in [0.05, 0.1) is 13.2 Å². The highest BCUT2D eigenvalue weighted by atomic mass is 16.5. The Hall–Kier alpha value is -0.200. The molecule has 0 spiro atoms. The molecule has 86 valence electrons. The van der Waals surface area contributed by atoms with Crippen molar-refractivity contribution in [1.29, 1.82) is 0 Å². The number of hydrogen-bond donors (Lipinski definition) is 2. The Labute approximate surface area is 85.2 Å². The number of rotatable bonds is 8. The van der Waals surface area contributed by atoms with Gasteiger partial charge in [0.25, 0.3) is 0 Å². The predicted molar refractivity (Wildman–Crippen MR) is 52.8 cm³/mol. The number of likely N-dealkylation sites (N-methyl/N-ethyl adjacent to an activating group) is 1. The smallest absolute Gasteiger partial charge is 0.132 e.